The molecule has 0 saturated carbocycles. The summed E-state index contributed by atoms with van der Waals surface area (Å²) in [7, 11) is 0. The number of nitriles is 1. The summed E-state index contributed by atoms with van der Waals surface area (Å²) < 4.78 is 7.99. The molecule has 1 aromatic heterocycles. The van der Waals surface area contributed by atoms with Gasteiger partial charge < -0.3 is 9.30 Å². The number of imidazole rings is 1. The molecule has 2 aromatic carbocycles. The monoisotopic (exact) mass is 319 g/mol. The molecule has 0 aliphatic carbocycles. The lowest BCUT2D eigenvalue weighted by Crippen LogP contribution is -2.07. The first-order valence-electron chi connectivity index (χ1n) is 8.11. The maximum Gasteiger partial charge on any atom is 0.148 e. The van der Waals surface area contributed by atoms with Crippen molar-refractivity contribution in [1.29, 1.82) is 5.26 Å². The molecule has 4 heteroatoms. The van der Waals surface area contributed by atoms with Gasteiger partial charge in [-0.15, -0.1) is 0 Å². The average molecular weight is 319 g/mol. The van der Waals surface area contributed by atoms with E-state index < -0.39 is 0 Å². The molecule has 3 rings (SSSR count). The van der Waals surface area contributed by atoms with E-state index in [9.17, 15) is 0 Å². The first-order chi connectivity index (χ1) is 11.6. The molecule has 0 fully saturated rings. The average Bonchev–Trinajstić information content (AvgIpc) is 2.89. The number of hydrogen-bond donors (Lipinski definition) is 0. The highest BCUT2D eigenvalue weighted by molar-refractivity contribution is 5.78. The summed E-state index contributed by atoms with van der Waals surface area (Å²) in [6.07, 6.45) is 0.454. The lowest BCUT2D eigenvalue weighted by molar-refractivity contribution is 0.290. The van der Waals surface area contributed by atoms with Crippen molar-refractivity contribution in [2.45, 2.75) is 40.3 Å². The van der Waals surface area contributed by atoms with Gasteiger partial charge >= 0.3 is 0 Å². The highest BCUT2D eigenvalue weighted by Crippen LogP contribution is 2.22. The molecule has 24 heavy (non-hydrogen) atoms. The molecule has 0 N–H and O–H groups in total. The van der Waals surface area contributed by atoms with Gasteiger partial charge in [-0.2, -0.15) is 5.26 Å². The number of rotatable bonds is 5. The highest BCUT2D eigenvalue weighted by Gasteiger charge is 2.12. The fourth-order valence-corrected chi connectivity index (χ4v) is 2.73. The summed E-state index contributed by atoms with van der Waals surface area (Å²) in [6, 6.07) is 14.4. The summed E-state index contributed by atoms with van der Waals surface area (Å²) in [6.45, 7) is 7.25. The third-order valence-electron chi connectivity index (χ3n) is 4.28. The number of aromatic nitrogens is 2. The van der Waals surface area contributed by atoms with Crippen LogP contribution in [0.3, 0.4) is 0 Å². The highest BCUT2D eigenvalue weighted by atomic mass is 16.5. The quantitative estimate of drug-likeness (QED) is 0.698. The molecule has 0 radical (unpaired) electrons. The SMILES string of the molecule is Cc1ccc(OCc2nc3cc(C)c(C)cc3n2CCC#N)cc1. The maximum atomic E-state index is 8.95. The second kappa shape index (κ2) is 6.76. The molecule has 3 aromatic rings. The van der Waals surface area contributed by atoms with E-state index in [0.717, 1.165) is 22.6 Å². The smallest absolute Gasteiger partial charge is 0.148 e. The molecule has 0 aliphatic rings. The Morgan fingerprint density at radius 2 is 1.79 bits per heavy atom. The Morgan fingerprint density at radius 3 is 2.50 bits per heavy atom. The number of nitrogens with zero attached hydrogens (tertiary/aromatic N) is 3. The Bertz CT molecular complexity index is 901. The first kappa shape index (κ1) is 16.1. The summed E-state index contributed by atoms with van der Waals surface area (Å²) in [5.74, 6) is 1.68. The predicted molar refractivity (Wildman–Crippen MR) is 94.9 cm³/mol. The van der Waals surface area contributed by atoms with E-state index in [0.29, 0.717) is 19.6 Å². The molecule has 1 heterocycles. The zero-order chi connectivity index (χ0) is 17.1. The maximum absolute atomic E-state index is 8.95. The molecular weight excluding hydrogens is 298 g/mol. The number of benzene rings is 2. The predicted octanol–water partition coefficient (Wildman–Crippen LogP) is 4.45. The van der Waals surface area contributed by atoms with Crippen LogP contribution in [-0.4, -0.2) is 9.55 Å². The summed E-state index contributed by atoms with van der Waals surface area (Å²) in [5, 5.41) is 8.95. The zero-order valence-electron chi connectivity index (χ0n) is 14.3. The third-order valence-corrected chi connectivity index (χ3v) is 4.28. The minimum Gasteiger partial charge on any atom is -0.486 e. The molecule has 0 aliphatic heterocycles. The molecule has 0 saturated heterocycles. The van der Waals surface area contributed by atoms with Crippen molar-refractivity contribution in [2.75, 3.05) is 0 Å². The van der Waals surface area contributed by atoms with Crippen LogP contribution in [0.5, 0.6) is 5.75 Å². The van der Waals surface area contributed by atoms with Crippen molar-refractivity contribution < 1.29 is 4.74 Å². The second-order valence-corrected chi connectivity index (χ2v) is 6.11. The molecule has 0 atom stereocenters. The minimum absolute atomic E-state index is 0.390. The van der Waals surface area contributed by atoms with Crippen molar-refractivity contribution in [3.8, 4) is 11.8 Å². The standard InChI is InChI=1S/C20H21N3O/c1-14-5-7-17(8-6-14)24-13-20-22-18-11-15(2)16(3)12-19(18)23(20)10-4-9-21/h5-8,11-12H,4,10,13H2,1-3H3. The van der Waals surface area contributed by atoms with Gasteiger partial charge in [0.2, 0.25) is 0 Å². The van der Waals surface area contributed by atoms with Crippen LogP contribution in [0.1, 0.15) is 28.9 Å². The Balaban J connectivity index is 1.93. The van der Waals surface area contributed by atoms with Gasteiger partial charge in [-0.3, -0.25) is 0 Å². The van der Waals surface area contributed by atoms with E-state index in [1.165, 1.54) is 16.7 Å². The van der Waals surface area contributed by atoms with Crippen LogP contribution in [0, 0.1) is 32.1 Å². The summed E-state index contributed by atoms with van der Waals surface area (Å²) in [5.41, 5.74) is 5.68. The lowest BCUT2D eigenvalue weighted by Gasteiger charge is -2.09. The molecule has 122 valence electrons. The van der Waals surface area contributed by atoms with Crippen molar-refractivity contribution in [3.63, 3.8) is 0 Å². The van der Waals surface area contributed by atoms with Gasteiger partial charge in [0.1, 0.15) is 18.2 Å². The van der Waals surface area contributed by atoms with Crippen LogP contribution >= 0.6 is 0 Å². The van der Waals surface area contributed by atoms with Gasteiger partial charge in [-0.1, -0.05) is 17.7 Å². The van der Waals surface area contributed by atoms with Crippen LogP contribution in [0.25, 0.3) is 11.0 Å². The van der Waals surface area contributed by atoms with Gasteiger partial charge in [0.25, 0.3) is 0 Å². The largest absolute Gasteiger partial charge is 0.486 e. The van der Waals surface area contributed by atoms with E-state index >= 15 is 0 Å². The third kappa shape index (κ3) is 3.26. The van der Waals surface area contributed by atoms with Gasteiger partial charge in [-0.05, 0) is 56.2 Å². The topological polar surface area (TPSA) is 50.8 Å². The van der Waals surface area contributed by atoms with E-state index in [2.05, 4.69) is 43.5 Å². The van der Waals surface area contributed by atoms with Crippen LogP contribution in [-0.2, 0) is 13.2 Å². The first-order valence-corrected chi connectivity index (χ1v) is 8.11. The molecule has 0 spiro atoms. The van der Waals surface area contributed by atoms with E-state index in [1.807, 2.05) is 24.3 Å². The molecular formula is C20H21N3O. The fourth-order valence-electron chi connectivity index (χ4n) is 2.73. The number of fused-ring (bicyclic) bond motifs is 1. The Labute approximate surface area is 142 Å². The molecule has 0 unspecified atom stereocenters. The number of hydrogen-bond acceptors (Lipinski definition) is 3. The van der Waals surface area contributed by atoms with Crippen LogP contribution in [0.15, 0.2) is 36.4 Å². The van der Waals surface area contributed by atoms with E-state index in [1.54, 1.807) is 0 Å². The van der Waals surface area contributed by atoms with E-state index in [-0.39, 0.29) is 0 Å². The summed E-state index contributed by atoms with van der Waals surface area (Å²) >= 11 is 0. The van der Waals surface area contributed by atoms with Gasteiger partial charge in [0, 0.05) is 6.54 Å². The van der Waals surface area contributed by atoms with Gasteiger partial charge in [0.05, 0.1) is 23.5 Å². The van der Waals surface area contributed by atoms with Crippen molar-refractivity contribution >= 4 is 11.0 Å². The van der Waals surface area contributed by atoms with Crippen LogP contribution in [0.4, 0.5) is 0 Å². The lowest BCUT2D eigenvalue weighted by atomic mass is 10.1. The van der Waals surface area contributed by atoms with Gasteiger partial charge in [-0.25, -0.2) is 4.98 Å². The zero-order valence-corrected chi connectivity index (χ0v) is 14.3. The molecule has 4 nitrogen and oxygen atoms in total. The Kier molecular flexibility index (Phi) is 4.52. The Morgan fingerprint density at radius 1 is 1.08 bits per heavy atom. The molecule has 0 amide bonds. The number of ether oxygens (including phenoxy) is 1. The van der Waals surface area contributed by atoms with Crippen molar-refractivity contribution in [1.82, 2.24) is 9.55 Å². The summed E-state index contributed by atoms with van der Waals surface area (Å²) in [4.78, 5) is 4.73. The second-order valence-electron chi connectivity index (χ2n) is 6.11. The van der Waals surface area contributed by atoms with Crippen LogP contribution in [0.2, 0.25) is 0 Å². The number of aryl methyl sites for hydroxylation is 4. The van der Waals surface area contributed by atoms with Crippen LogP contribution < -0.4 is 4.74 Å². The normalized spacial score (nSPS) is 10.8. The van der Waals surface area contributed by atoms with E-state index in [4.69, 9.17) is 15.0 Å². The minimum atomic E-state index is 0.390. The van der Waals surface area contributed by atoms with Crippen molar-refractivity contribution in [3.05, 3.63) is 58.9 Å². The van der Waals surface area contributed by atoms with Crippen molar-refractivity contribution in [2.24, 2.45) is 0 Å². The fraction of sp³-hybridized carbons (Fsp3) is 0.300. The Hall–Kier alpha value is -2.80. The molecule has 0 bridgehead atoms. The van der Waals surface area contributed by atoms with Gasteiger partial charge in [0.15, 0.2) is 0 Å².